The van der Waals surface area contributed by atoms with E-state index in [1.54, 1.807) is 13.2 Å². The van der Waals surface area contributed by atoms with Crippen molar-refractivity contribution >= 4 is 5.78 Å². The van der Waals surface area contributed by atoms with E-state index in [0.29, 0.717) is 23.3 Å². The maximum atomic E-state index is 11.5. The van der Waals surface area contributed by atoms with Gasteiger partial charge in [0, 0.05) is 12.0 Å². The van der Waals surface area contributed by atoms with Gasteiger partial charge in [-0.1, -0.05) is 0 Å². The summed E-state index contributed by atoms with van der Waals surface area (Å²) < 4.78 is 5.09. The maximum absolute atomic E-state index is 11.5. The average molecular weight is 192 g/mol. The number of aliphatic hydroxyl groups is 1. The van der Waals surface area contributed by atoms with Crippen molar-refractivity contribution in [1.29, 1.82) is 0 Å². The maximum Gasteiger partial charge on any atom is 0.163 e. The van der Waals surface area contributed by atoms with Crippen LogP contribution in [0.2, 0.25) is 0 Å². The van der Waals surface area contributed by atoms with Gasteiger partial charge in [0.15, 0.2) is 5.78 Å². The Balaban J connectivity index is 2.58. The molecule has 1 N–H and O–H groups in total. The van der Waals surface area contributed by atoms with Crippen molar-refractivity contribution in [3.63, 3.8) is 0 Å². The Bertz CT molecular complexity index is 382. The monoisotopic (exact) mass is 192 g/mol. The molecule has 14 heavy (non-hydrogen) atoms. The molecule has 0 fully saturated rings. The summed E-state index contributed by atoms with van der Waals surface area (Å²) >= 11 is 0. The number of rotatable bonds is 2. The molecule has 3 heteroatoms. The lowest BCUT2D eigenvalue weighted by Crippen LogP contribution is -2.00. The van der Waals surface area contributed by atoms with E-state index in [1.807, 2.05) is 6.07 Å². The zero-order valence-electron chi connectivity index (χ0n) is 8.04. The van der Waals surface area contributed by atoms with Gasteiger partial charge in [-0.2, -0.15) is 0 Å². The molecule has 1 aliphatic rings. The molecule has 74 valence electrons. The van der Waals surface area contributed by atoms with Gasteiger partial charge < -0.3 is 9.84 Å². The number of methoxy groups -OCH3 is 1. The Labute approximate surface area is 82.3 Å². The first-order valence-corrected chi connectivity index (χ1v) is 4.60. The predicted octanol–water partition coefficient (Wildman–Crippen LogP) is 1.32. The number of aliphatic hydroxyl groups excluding tert-OH is 1. The van der Waals surface area contributed by atoms with Gasteiger partial charge in [-0.3, -0.25) is 4.79 Å². The normalized spacial score (nSPS) is 14.3. The molecule has 0 aromatic heterocycles. The predicted molar refractivity (Wildman–Crippen MR) is 51.6 cm³/mol. The van der Waals surface area contributed by atoms with Crippen molar-refractivity contribution in [3.8, 4) is 5.75 Å². The molecule has 0 unspecified atom stereocenters. The zero-order chi connectivity index (χ0) is 10.1. The van der Waals surface area contributed by atoms with Gasteiger partial charge in [-0.25, -0.2) is 0 Å². The topological polar surface area (TPSA) is 46.5 Å². The molecule has 0 radical (unpaired) electrons. The number of benzene rings is 1. The van der Waals surface area contributed by atoms with E-state index in [-0.39, 0.29) is 12.4 Å². The van der Waals surface area contributed by atoms with Gasteiger partial charge in [0.25, 0.3) is 0 Å². The molecule has 3 nitrogen and oxygen atoms in total. The molecule has 0 saturated carbocycles. The lowest BCUT2D eigenvalue weighted by atomic mass is 10.0. The van der Waals surface area contributed by atoms with Crippen molar-refractivity contribution in [1.82, 2.24) is 0 Å². The van der Waals surface area contributed by atoms with Crippen LogP contribution in [0.15, 0.2) is 12.1 Å². The highest BCUT2D eigenvalue weighted by molar-refractivity contribution is 6.01. The second-order valence-corrected chi connectivity index (χ2v) is 3.40. The molecule has 0 heterocycles. The molecule has 2 rings (SSSR count). The second-order valence-electron chi connectivity index (χ2n) is 3.40. The minimum atomic E-state index is -0.106. The minimum Gasteiger partial charge on any atom is -0.497 e. The zero-order valence-corrected chi connectivity index (χ0v) is 8.04. The SMILES string of the molecule is COc1cc(CO)c2c(c1)CCC2=O. The fourth-order valence-corrected chi connectivity index (χ4v) is 1.91. The van der Waals surface area contributed by atoms with Crippen molar-refractivity contribution < 1.29 is 14.6 Å². The molecule has 0 bridgehead atoms. The lowest BCUT2D eigenvalue weighted by Gasteiger charge is -2.07. The lowest BCUT2D eigenvalue weighted by molar-refractivity contribution is 0.0992. The fourth-order valence-electron chi connectivity index (χ4n) is 1.91. The molecule has 0 saturated heterocycles. The third-order valence-corrected chi connectivity index (χ3v) is 2.58. The molecule has 0 spiro atoms. The summed E-state index contributed by atoms with van der Waals surface area (Å²) in [7, 11) is 1.58. The van der Waals surface area contributed by atoms with E-state index in [0.717, 1.165) is 12.0 Å². The fraction of sp³-hybridized carbons (Fsp3) is 0.364. The highest BCUT2D eigenvalue weighted by Crippen LogP contribution is 2.29. The van der Waals surface area contributed by atoms with Gasteiger partial charge >= 0.3 is 0 Å². The van der Waals surface area contributed by atoms with Crippen LogP contribution in [0.4, 0.5) is 0 Å². The van der Waals surface area contributed by atoms with Crippen LogP contribution in [0.1, 0.15) is 27.9 Å². The first-order chi connectivity index (χ1) is 6.76. The van der Waals surface area contributed by atoms with E-state index in [4.69, 9.17) is 9.84 Å². The van der Waals surface area contributed by atoms with Crippen LogP contribution in [0.25, 0.3) is 0 Å². The molecule has 0 atom stereocenters. The van der Waals surface area contributed by atoms with Crippen molar-refractivity contribution in [3.05, 3.63) is 28.8 Å². The Morgan fingerprint density at radius 2 is 2.21 bits per heavy atom. The first kappa shape index (κ1) is 9.21. The second kappa shape index (κ2) is 3.42. The highest BCUT2D eigenvalue weighted by atomic mass is 16.5. The quantitative estimate of drug-likeness (QED) is 0.768. The minimum absolute atomic E-state index is 0.106. The Hall–Kier alpha value is -1.35. The smallest absolute Gasteiger partial charge is 0.163 e. The first-order valence-electron chi connectivity index (χ1n) is 4.60. The number of fused-ring (bicyclic) bond motifs is 1. The van der Waals surface area contributed by atoms with E-state index in [9.17, 15) is 4.79 Å². The molecule has 1 aliphatic carbocycles. The van der Waals surface area contributed by atoms with E-state index < -0.39 is 0 Å². The summed E-state index contributed by atoms with van der Waals surface area (Å²) in [6, 6.07) is 3.60. The number of ether oxygens (including phenoxy) is 1. The van der Waals surface area contributed by atoms with Crippen LogP contribution in [-0.2, 0) is 13.0 Å². The van der Waals surface area contributed by atoms with Crippen molar-refractivity contribution in [2.45, 2.75) is 19.4 Å². The molecule has 0 amide bonds. The Morgan fingerprint density at radius 3 is 2.86 bits per heavy atom. The standard InChI is InChI=1S/C11H12O3/c1-14-9-4-7-2-3-10(13)11(7)8(5-9)6-12/h4-5,12H,2-3,6H2,1H3. The number of hydrogen-bond acceptors (Lipinski definition) is 3. The molecule has 1 aromatic rings. The number of carbonyl (C=O) groups excluding carboxylic acids is 1. The van der Waals surface area contributed by atoms with Gasteiger partial charge in [0.1, 0.15) is 5.75 Å². The highest BCUT2D eigenvalue weighted by Gasteiger charge is 2.23. The molecular weight excluding hydrogens is 180 g/mol. The van der Waals surface area contributed by atoms with Crippen LogP contribution >= 0.6 is 0 Å². The van der Waals surface area contributed by atoms with Crippen LogP contribution in [0.5, 0.6) is 5.75 Å². The number of ketones is 1. The summed E-state index contributed by atoms with van der Waals surface area (Å²) in [5.74, 6) is 0.842. The number of hydrogen-bond donors (Lipinski definition) is 1. The van der Waals surface area contributed by atoms with Crippen molar-refractivity contribution in [2.75, 3.05) is 7.11 Å². The van der Waals surface area contributed by atoms with Gasteiger partial charge in [-0.15, -0.1) is 0 Å². The van der Waals surface area contributed by atoms with Crippen molar-refractivity contribution in [2.24, 2.45) is 0 Å². The van der Waals surface area contributed by atoms with E-state index in [2.05, 4.69) is 0 Å². The largest absolute Gasteiger partial charge is 0.497 e. The molecular formula is C11H12O3. The summed E-state index contributed by atoms with van der Waals surface area (Å²) in [6.07, 6.45) is 1.31. The average Bonchev–Trinajstić information content (AvgIpc) is 2.59. The number of Topliss-reactive ketones (excluding diaryl/α,β-unsaturated/α-hetero) is 1. The van der Waals surface area contributed by atoms with Gasteiger partial charge in [0.05, 0.1) is 13.7 Å². The van der Waals surface area contributed by atoms with Crippen LogP contribution < -0.4 is 4.74 Å². The Morgan fingerprint density at radius 1 is 1.43 bits per heavy atom. The summed E-state index contributed by atoms with van der Waals surface area (Å²) in [5.41, 5.74) is 2.38. The van der Waals surface area contributed by atoms with Crippen LogP contribution in [0.3, 0.4) is 0 Å². The number of carbonyl (C=O) groups is 1. The van der Waals surface area contributed by atoms with Crippen LogP contribution in [0, 0.1) is 0 Å². The molecule has 0 aliphatic heterocycles. The summed E-state index contributed by atoms with van der Waals surface area (Å²) in [5, 5.41) is 9.13. The molecule has 1 aromatic carbocycles. The number of aryl methyl sites for hydroxylation is 1. The third-order valence-electron chi connectivity index (χ3n) is 2.58. The van der Waals surface area contributed by atoms with Gasteiger partial charge in [0.2, 0.25) is 0 Å². The van der Waals surface area contributed by atoms with E-state index in [1.165, 1.54) is 0 Å². The summed E-state index contributed by atoms with van der Waals surface area (Å²) in [6.45, 7) is -0.106. The van der Waals surface area contributed by atoms with Crippen LogP contribution in [-0.4, -0.2) is 18.0 Å². The summed E-state index contributed by atoms with van der Waals surface area (Å²) in [4.78, 5) is 11.5. The third kappa shape index (κ3) is 1.30. The van der Waals surface area contributed by atoms with Gasteiger partial charge in [-0.05, 0) is 29.7 Å². The van der Waals surface area contributed by atoms with E-state index >= 15 is 0 Å². The Kier molecular flexibility index (Phi) is 2.25.